The van der Waals surface area contributed by atoms with Gasteiger partial charge in [0.2, 0.25) is 0 Å². The molecule has 0 aliphatic rings. The van der Waals surface area contributed by atoms with Gasteiger partial charge in [-0.3, -0.25) is 0 Å². The molecule has 0 radical (unpaired) electrons. The Bertz CT molecular complexity index is 948. The van der Waals surface area contributed by atoms with Gasteiger partial charge in [-0.2, -0.15) is 0 Å². The Morgan fingerprint density at radius 2 is 1.50 bits per heavy atom. The quantitative estimate of drug-likeness (QED) is 0.407. The van der Waals surface area contributed by atoms with Gasteiger partial charge in [-0.15, -0.1) is 0 Å². The maximum atomic E-state index is 14.5. The fourth-order valence-electron chi connectivity index (χ4n) is 3.16. The topological polar surface area (TPSA) is 9.23 Å². The average Bonchev–Trinajstić information content (AvgIpc) is 2.69. The van der Waals surface area contributed by atoms with Crippen molar-refractivity contribution in [1.82, 2.24) is 0 Å². The molecule has 0 aliphatic carbocycles. The summed E-state index contributed by atoms with van der Waals surface area (Å²) in [7, 11) is 0. The third kappa shape index (κ3) is 5.07. The molecule has 0 N–H and O–H groups in total. The van der Waals surface area contributed by atoms with E-state index in [9.17, 15) is 8.78 Å². The van der Waals surface area contributed by atoms with Crippen LogP contribution in [0.15, 0.2) is 66.7 Å². The summed E-state index contributed by atoms with van der Waals surface area (Å²) in [5.74, 6) is 0.0939. The van der Waals surface area contributed by atoms with Crippen LogP contribution >= 0.6 is 0 Å². The summed E-state index contributed by atoms with van der Waals surface area (Å²) in [5.41, 5.74) is 3.00. The van der Waals surface area contributed by atoms with Gasteiger partial charge >= 0.3 is 0 Å². The second kappa shape index (κ2) is 9.32. The van der Waals surface area contributed by atoms with Crippen molar-refractivity contribution in [3.05, 3.63) is 101 Å². The predicted octanol–water partition coefficient (Wildman–Crippen LogP) is 6.88. The Kier molecular flexibility index (Phi) is 6.59. The number of benzene rings is 3. The summed E-state index contributed by atoms with van der Waals surface area (Å²) in [6.07, 6.45) is 3.94. The minimum atomic E-state index is -0.393. The highest BCUT2D eigenvalue weighted by atomic mass is 19.1. The number of hydrogen-bond acceptors (Lipinski definition) is 1. The van der Waals surface area contributed by atoms with E-state index >= 15 is 0 Å². The molecular formula is C25H24F2O. The monoisotopic (exact) mass is 378 g/mol. The lowest BCUT2D eigenvalue weighted by molar-refractivity contribution is 0.338. The van der Waals surface area contributed by atoms with Gasteiger partial charge in [0.15, 0.2) is 0 Å². The Hall–Kier alpha value is -2.94. The average molecular weight is 378 g/mol. The summed E-state index contributed by atoms with van der Waals surface area (Å²) in [5, 5.41) is 0. The van der Waals surface area contributed by atoms with Gasteiger partial charge in [-0.1, -0.05) is 61.5 Å². The van der Waals surface area contributed by atoms with E-state index in [1.807, 2.05) is 31.2 Å². The van der Waals surface area contributed by atoms with E-state index in [-0.39, 0.29) is 5.82 Å². The van der Waals surface area contributed by atoms with E-state index < -0.39 is 5.82 Å². The van der Waals surface area contributed by atoms with Gasteiger partial charge in [0.05, 0.1) is 6.61 Å². The summed E-state index contributed by atoms with van der Waals surface area (Å²) in [4.78, 5) is 0. The van der Waals surface area contributed by atoms with Crippen molar-refractivity contribution in [3.63, 3.8) is 0 Å². The van der Waals surface area contributed by atoms with Crippen molar-refractivity contribution in [3.8, 4) is 5.75 Å². The second-order valence-electron chi connectivity index (χ2n) is 6.82. The van der Waals surface area contributed by atoms with Crippen LogP contribution in [0.3, 0.4) is 0 Å². The van der Waals surface area contributed by atoms with Crippen molar-refractivity contribution in [2.45, 2.75) is 26.2 Å². The molecule has 0 aliphatic heterocycles. The van der Waals surface area contributed by atoms with Gasteiger partial charge in [-0.05, 0) is 48.6 Å². The van der Waals surface area contributed by atoms with E-state index in [1.165, 1.54) is 11.6 Å². The van der Waals surface area contributed by atoms with Crippen LogP contribution < -0.4 is 4.74 Å². The Balaban J connectivity index is 1.71. The van der Waals surface area contributed by atoms with Crippen LogP contribution in [-0.2, 0) is 6.42 Å². The highest BCUT2D eigenvalue weighted by Crippen LogP contribution is 2.23. The van der Waals surface area contributed by atoms with Crippen LogP contribution in [0.25, 0.3) is 12.2 Å². The van der Waals surface area contributed by atoms with Crippen molar-refractivity contribution < 1.29 is 13.5 Å². The Morgan fingerprint density at radius 3 is 2.11 bits per heavy atom. The molecule has 0 unspecified atom stereocenters. The van der Waals surface area contributed by atoms with Gasteiger partial charge in [0, 0.05) is 17.2 Å². The van der Waals surface area contributed by atoms with Crippen molar-refractivity contribution >= 4 is 12.2 Å². The molecule has 0 heterocycles. The molecule has 0 aromatic heterocycles. The molecule has 0 fully saturated rings. The van der Waals surface area contributed by atoms with Crippen molar-refractivity contribution in [1.29, 1.82) is 0 Å². The van der Waals surface area contributed by atoms with E-state index in [0.717, 1.165) is 12.0 Å². The predicted molar refractivity (Wildman–Crippen MR) is 111 cm³/mol. The zero-order valence-corrected chi connectivity index (χ0v) is 16.2. The molecular weight excluding hydrogens is 354 g/mol. The summed E-state index contributed by atoms with van der Waals surface area (Å²) in [6, 6.07) is 20.1. The molecule has 3 aromatic carbocycles. The molecule has 3 aromatic rings. The molecule has 1 nitrogen and oxygen atoms in total. The molecule has 0 bridgehead atoms. The van der Waals surface area contributed by atoms with E-state index in [1.54, 1.807) is 36.4 Å². The molecule has 3 heteroatoms. The van der Waals surface area contributed by atoms with E-state index in [2.05, 4.69) is 19.1 Å². The normalized spacial score (nSPS) is 12.3. The molecule has 28 heavy (non-hydrogen) atoms. The number of ether oxygens (including phenoxy) is 1. The lowest BCUT2D eigenvalue weighted by atomic mass is 9.93. The molecule has 0 saturated heterocycles. The minimum Gasteiger partial charge on any atom is -0.494 e. The van der Waals surface area contributed by atoms with Crippen LogP contribution in [0.4, 0.5) is 8.78 Å². The zero-order chi connectivity index (χ0) is 19.9. The van der Waals surface area contributed by atoms with E-state index in [0.29, 0.717) is 29.4 Å². The second-order valence-corrected chi connectivity index (χ2v) is 6.82. The first-order chi connectivity index (χ1) is 13.6. The minimum absolute atomic E-state index is 0.305. The molecule has 3 rings (SSSR count). The largest absolute Gasteiger partial charge is 0.494 e. The van der Waals surface area contributed by atoms with Crippen LogP contribution in [0, 0.1) is 11.6 Å². The third-order valence-corrected chi connectivity index (χ3v) is 4.70. The maximum Gasteiger partial charge on any atom is 0.134 e. The Morgan fingerprint density at radius 1 is 0.857 bits per heavy atom. The molecule has 0 amide bonds. The maximum absolute atomic E-state index is 14.5. The number of halogens is 2. The SMILES string of the molecule is CCOc1ccc(C=Cc2ccc(C[C@H](C)c3ccccc3)cc2F)c(F)c1. The fourth-order valence-corrected chi connectivity index (χ4v) is 3.16. The first-order valence-electron chi connectivity index (χ1n) is 9.50. The van der Waals surface area contributed by atoms with Gasteiger partial charge in [0.1, 0.15) is 17.4 Å². The lowest BCUT2D eigenvalue weighted by Crippen LogP contribution is -1.99. The van der Waals surface area contributed by atoms with Crippen LogP contribution in [0.5, 0.6) is 5.75 Å². The molecule has 0 saturated carbocycles. The lowest BCUT2D eigenvalue weighted by Gasteiger charge is -2.12. The zero-order valence-electron chi connectivity index (χ0n) is 16.2. The standard InChI is InChI=1S/C25H24F2O/c1-3-28-23-14-13-22(25(27)17-23)12-11-21-10-9-19(16-24(21)26)15-18(2)20-7-5-4-6-8-20/h4-14,16-18H,3,15H2,1-2H3/t18-/m0/s1. The molecule has 1 atom stereocenters. The summed E-state index contributed by atoms with van der Waals surface area (Å²) >= 11 is 0. The Labute approximate surface area is 165 Å². The van der Waals surface area contributed by atoms with Crippen molar-refractivity contribution in [2.75, 3.05) is 6.61 Å². The molecule has 0 spiro atoms. The first kappa shape index (κ1) is 19.8. The van der Waals surface area contributed by atoms with Gasteiger partial charge < -0.3 is 4.74 Å². The number of hydrogen-bond donors (Lipinski definition) is 0. The van der Waals surface area contributed by atoms with Crippen LogP contribution in [-0.4, -0.2) is 6.61 Å². The van der Waals surface area contributed by atoms with E-state index in [4.69, 9.17) is 4.74 Å². The smallest absolute Gasteiger partial charge is 0.134 e. The van der Waals surface area contributed by atoms with Crippen LogP contribution in [0.1, 0.15) is 42.0 Å². The third-order valence-electron chi connectivity index (χ3n) is 4.70. The fraction of sp³-hybridized carbons (Fsp3) is 0.200. The number of rotatable bonds is 7. The van der Waals surface area contributed by atoms with Gasteiger partial charge in [-0.25, -0.2) is 8.78 Å². The highest BCUT2D eigenvalue weighted by Gasteiger charge is 2.09. The first-order valence-corrected chi connectivity index (χ1v) is 9.50. The van der Waals surface area contributed by atoms with Crippen LogP contribution in [0.2, 0.25) is 0 Å². The highest BCUT2D eigenvalue weighted by molar-refractivity contribution is 5.70. The van der Waals surface area contributed by atoms with Gasteiger partial charge in [0.25, 0.3) is 0 Å². The summed E-state index contributed by atoms with van der Waals surface area (Å²) < 4.78 is 33.9. The molecule has 144 valence electrons. The summed E-state index contributed by atoms with van der Waals surface area (Å²) in [6.45, 7) is 4.46. The van der Waals surface area contributed by atoms with Crippen molar-refractivity contribution in [2.24, 2.45) is 0 Å².